The van der Waals surface area contributed by atoms with Gasteiger partial charge in [0, 0.05) is 32.1 Å². The molecule has 2 heterocycles. The number of ether oxygens (including phenoxy) is 2. The minimum Gasteiger partial charge on any atom is -0.497 e. The van der Waals surface area contributed by atoms with Crippen molar-refractivity contribution < 1.29 is 14.0 Å². The molecule has 10 heteroatoms. The minimum absolute atomic E-state index is 0. The third-order valence-corrected chi connectivity index (χ3v) is 5.20. The number of aliphatic imine (C=N–C) groups is 1. The molecule has 0 amide bonds. The van der Waals surface area contributed by atoms with Gasteiger partial charge in [0.05, 0.1) is 32.9 Å². The summed E-state index contributed by atoms with van der Waals surface area (Å²) < 4.78 is 16.2. The van der Waals surface area contributed by atoms with Crippen LogP contribution in [0.3, 0.4) is 0 Å². The first kappa shape index (κ1) is 26.3. The number of guanidine groups is 1. The number of methoxy groups -OCH3 is 1. The van der Waals surface area contributed by atoms with E-state index in [2.05, 4.69) is 42.8 Å². The number of hydrogen-bond acceptors (Lipinski definition) is 7. The van der Waals surface area contributed by atoms with E-state index >= 15 is 0 Å². The average Bonchev–Trinajstić information content (AvgIpc) is 3.27. The molecule has 3 rings (SSSR count). The number of rotatable bonds is 7. The first-order valence-electron chi connectivity index (χ1n) is 10.6. The molecule has 1 unspecified atom stereocenters. The topological polar surface area (TPSA) is 97.0 Å². The van der Waals surface area contributed by atoms with Gasteiger partial charge in [0.15, 0.2) is 11.8 Å². The van der Waals surface area contributed by atoms with Crippen LogP contribution in [0.15, 0.2) is 33.8 Å². The lowest BCUT2D eigenvalue weighted by Crippen LogP contribution is -2.46. The van der Waals surface area contributed by atoms with E-state index in [9.17, 15) is 0 Å². The van der Waals surface area contributed by atoms with E-state index in [1.54, 1.807) is 14.2 Å². The Morgan fingerprint density at radius 2 is 1.88 bits per heavy atom. The maximum absolute atomic E-state index is 5.54. The normalized spacial score (nSPS) is 16.2. The smallest absolute Gasteiger partial charge is 0.232 e. The fourth-order valence-electron chi connectivity index (χ4n) is 3.38. The molecule has 2 aromatic rings. The molecule has 0 spiro atoms. The first-order chi connectivity index (χ1) is 14.9. The van der Waals surface area contributed by atoms with Crippen molar-refractivity contribution in [3.8, 4) is 5.75 Å². The van der Waals surface area contributed by atoms with E-state index in [4.69, 9.17) is 14.0 Å². The highest BCUT2D eigenvalue weighted by Crippen LogP contribution is 2.24. The van der Waals surface area contributed by atoms with Crippen LogP contribution in [0.25, 0.3) is 0 Å². The SMILES string of the molecule is CN=C(NCc1noc(C(C)(C)C)n1)NCC(c1ccc(OC)cc1)N1CCOCC1.I. The molecule has 32 heavy (non-hydrogen) atoms. The summed E-state index contributed by atoms with van der Waals surface area (Å²) in [5, 5.41) is 10.8. The van der Waals surface area contributed by atoms with Gasteiger partial charge in [-0.1, -0.05) is 38.1 Å². The van der Waals surface area contributed by atoms with Gasteiger partial charge in [-0.25, -0.2) is 0 Å². The molecule has 1 atom stereocenters. The Balaban J connectivity index is 0.00000363. The van der Waals surface area contributed by atoms with Crippen LogP contribution < -0.4 is 15.4 Å². The molecule has 9 nitrogen and oxygen atoms in total. The molecule has 0 bridgehead atoms. The molecule has 0 radical (unpaired) electrons. The van der Waals surface area contributed by atoms with Crippen molar-refractivity contribution in [1.82, 2.24) is 25.7 Å². The lowest BCUT2D eigenvalue weighted by molar-refractivity contribution is 0.0170. The highest BCUT2D eigenvalue weighted by molar-refractivity contribution is 14.0. The zero-order chi connectivity index (χ0) is 22.3. The summed E-state index contributed by atoms with van der Waals surface area (Å²) in [6.45, 7) is 10.5. The number of aromatic nitrogens is 2. The predicted octanol–water partition coefficient (Wildman–Crippen LogP) is 2.73. The zero-order valence-corrected chi connectivity index (χ0v) is 21.9. The molecule has 1 saturated heterocycles. The summed E-state index contributed by atoms with van der Waals surface area (Å²) in [5.41, 5.74) is 1.05. The second-order valence-corrected chi connectivity index (χ2v) is 8.51. The van der Waals surface area contributed by atoms with Crippen molar-refractivity contribution in [3.63, 3.8) is 0 Å². The molecular formula is C22H35IN6O3. The van der Waals surface area contributed by atoms with Gasteiger partial charge < -0.3 is 24.6 Å². The molecular weight excluding hydrogens is 523 g/mol. The van der Waals surface area contributed by atoms with Crippen molar-refractivity contribution in [2.75, 3.05) is 47.0 Å². The van der Waals surface area contributed by atoms with Crippen molar-refractivity contribution in [3.05, 3.63) is 41.5 Å². The van der Waals surface area contributed by atoms with Crippen LogP contribution in [0.2, 0.25) is 0 Å². The standard InChI is InChI=1S/C22H34N6O3.HI/c1-22(2,3)20-26-19(27-31-20)15-25-21(23-4)24-14-18(28-10-12-30-13-11-28)16-6-8-17(29-5)9-7-16;/h6-9,18H,10-15H2,1-5H3,(H2,23,24,25);1H. The van der Waals surface area contributed by atoms with Gasteiger partial charge in [-0.3, -0.25) is 9.89 Å². The van der Waals surface area contributed by atoms with Gasteiger partial charge in [0.1, 0.15) is 5.75 Å². The van der Waals surface area contributed by atoms with E-state index in [1.165, 1.54) is 5.56 Å². The van der Waals surface area contributed by atoms with E-state index in [0.717, 1.165) is 32.1 Å². The first-order valence-corrected chi connectivity index (χ1v) is 10.6. The van der Waals surface area contributed by atoms with Crippen molar-refractivity contribution in [1.29, 1.82) is 0 Å². The summed E-state index contributed by atoms with van der Waals surface area (Å²) >= 11 is 0. The van der Waals surface area contributed by atoms with E-state index < -0.39 is 0 Å². The minimum atomic E-state index is -0.172. The summed E-state index contributed by atoms with van der Waals surface area (Å²) in [6, 6.07) is 8.41. The van der Waals surface area contributed by atoms with Crippen molar-refractivity contribution >= 4 is 29.9 Å². The average molecular weight is 558 g/mol. The Labute approximate surface area is 207 Å². The maximum Gasteiger partial charge on any atom is 0.232 e. The second-order valence-electron chi connectivity index (χ2n) is 8.51. The van der Waals surface area contributed by atoms with E-state index in [1.807, 2.05) is 32.9 Å². The van der Waals surface area contributed by atoms with Crippen LogP contribution in [0.5, 0.6) is 5.75 Å². The van der Waals surface area contributed by atoms with E-state index in [0.29, 0.717) is 30.8 Å². The number of benzene rings is 1. The third-order valence-electron chi connectivity index (χ3n) is 5.20. The van der Waals surface area contributed by atoms with Crippen LogP contribution in [0, 0.1) is 0 Å². The monoisotopic (exact) mass is 558 g/mol. The molecule has 178 valence electrons. The fraction of sp³-hybridized carbons (Fsp3) is 0.591. The Bertz CT molecular complexity index is 844. The van der Waals surface area contributed by atoms with Crippen LogP contribution in [0.4, 0.5) is 0 Å². The quantitative estimate of drug-likeness (QED) is 0.305. The van der Waals surface area contributed by atoms with E-state index in [-0.39, 0.29) is 35.4 Å². The Kier molecular flexibility index (Phi) is 10.2. The van der Waals surface area contributed by atoms with Gasteiger partial charge in [-0.2, -0.15) is 4.98 Å². The van der Waals surface area contributed by atoms with Crippen LogP contribution in [-0.2, 0) is 16.7 Å². The summed E-state index contributed by atoms with van der Waals surface area (Å²) in [7, 11) is 3.43. The van der Waals surface area contributed by atoms with Crippen molar-refractivity contribution in [2.45, 2.75) is 38.8 Å². The lowest BCUT2D eigenvalue weighted by atomic mass is 9.97. The summed E-state index contributed by atoms with van der Waals surface area (Å²) in [6.07, 6.45) is 0. The Morgan fingerprint density at radius 1 is 1.19 bits per heavy atom. The van der Waals surface area contributed by atoms with Crippen LogP contribution in [-0.4, -0.2) is 68.0 Å². The molecule has 1 aliphatic rings. The van der Waals surface area contributed by atoms with Gasteiger partial charge in [-0.15, -0.1) is 24.0 Å². The van der Waals surface area contributed by atoms with Crippen molar-refractivity contribution in [2.24, 2.45) is 4.99 Å². The second kappa shape index (κ2) is 12.4. The summed E-state index contributed by atoms with van der Waals surface area (Å²) in [5.74, 6) is 2.77. The van der Waals surface area contributed by atoms with Gasteiger partial charge in [0.25, 0.3) is 0 Å². The Hall–Kier alpha value is -1.92. The number of nitrogens with one attached hydrogen (secondary N) is 2. The summed E-state index contributed by atoms with van der Waals surface area (Å²) in [4.78, 5) is 11.2. The van der Waals surface area contributed by atoms with Crippen LogP contribution in [0.1, 0.15) is 44.1 Å². The number of halogens is 1. The number of morpholine rings is 1. The lowest BCUT2D eigenvalue weighted by Gasteiger charge is -2.35. The zero-order valence-electron chi connectivity index (χ0n) is 19.6. The predicted molar refractivity (Wildman–Crippen MR) is 135 cm³/mol. The fourth-order valence-corrected chi connectivity index (χ4v) is 3.38. The molecule has 2 N–H and O–H groups in total. The molecule has 1 aromatic heterocycles. The molecule has 1 aromatic carbocycles. The largest absolute Gasteiger partial charge is 0.497 e. The maximum atomic E-state index is 5.54. The molecule has 1 fully saturated rings. The Morgan fingerprint density at radius 3 is 2.44 bits per heavy atom. The van der Waals surface area contributed by atoms with Crippen LogP contribution >= 0.6 is 24.0 Å². The highest BCUT2D eigenvalue weighted by Gasteiger charge is 2.24. The van der Waals surface area contributed by atoms with Gasteiger partial charge in [-0.05, 0) is 17.7 Å². The van der Waals surface area contributed by atoms with Gasteiger partial charge in [0.2, 0.25) is 5.89 Å². The molecule has 0 aliphatic carbocycles. The third kappa shape index (κ3) is 7.31. The number of nitrogens with zero attached hydrogens (tertiary/aromatic N) is 4. The molecule has 1 aliphatic heterocycles. The highest BCUT2D eigenvalue weighted by atomic mass is 127. The number of hydrogen-bond donors (Lipinski definition) is 2. The van der Waals surface area contributed by atoms with Gasteiger partial charge >= 0.3 is 0 Å². The molecule has 0 saturated carbocycles.